The van der Waals surface area contributed by atoms with Crippen LogP contribution in [-0.2, 0) is 13.1 Å². The third-order valence-electron chi connectivity index (χ3n) is 4.06. The number of aromatic nitrogens is 1. The molecular weight excluding hydrogens is 303 g/mol. The smallest absolute Gasteiger partial charge is 0.159 e. The van der Waals surface area contributed by atoms with Crippen molar-refractivity contribution in [3.05, 3.63) is 65.2 Å². The fraction of sp³-hybridized carbons (Fsp3) is 0.353. The molecule has 0 unspecified atom stereocenters. The molecule has 0 N–H and O–H groups in total. The molecule has 0 radical (unpaired) electrons. The van der Waals surface area contributed by atoms with E-state index in [-0.39, 0.29) is 5.82 Å². The first-order valence-electron chi connectivity index (χ1n) is 7.60. The van der Waals surface area contributed by atoms with Crippen molar-refractivity contribution in [2.75, 3.05) is 26.2 Å². The number of benzene rings is 1. The third-order valence-corrected chi connectivity index (χ3v) is 4.06. The van der Waals surface area contributed by atoms with Gasteiger partial charge in [-0.2, -0.15) is 0 Å². The van der Waals surface area contributed by atoms with Gasteiger partial charge in [0.15, 0.2) is 11.6 Å². The van der Waals surface area contributed by atoms with Gasteiger partial charge in [-0.25, -0.2) is 13.2 Å². The van der Waals surface area contributed by atoms with Crippen LogP contribution in [0.3, 0.4) is 0 Å². The molecule has 0 atom stereocenters. The Labute approximate surface area is 133 Å². The second kappa shape index (κ2) is 7.10. The highest BCUT2D eigenvalue weighted by Gasteiger charge is 2.19. The molecule has 1 aliphatic heterocycles. The second-order valence-electron chi connectivity index (χ2n) is 5.73. The molecule has 0 spiro atoms. The monoisotopic (exact) mass is 321 g/mol. The van der Waals surface area contributed by atoms with Gasteiger partial charge in [-0.3, -0.25) is 14.8 Å². The minimum absolute atomic E-state index is 0.281. The minimum Gasteiger partial charge on any atom is -0.297 e. The minimum atomic E-state index is -0.823. The molecule has 1 aliphatic rings. The zero-order chi connectivity index (χ0) is 16.2. The van der Waals surface area contributed by atoms with Crippen molar-refractivity contribution < 1.29 is 13.2 Å². The predicted octanol–water partition coefficient (Wildman–Crippen LogP) is 2.82. The van der Waals surface area contributed by atoms with Crippen LogP contribution in [0.25, 0.3) is 0 Å². The molecular formula is C17H18F3N3. The van der Waals surface area contributed by atoms with Gasteiger partial charge in [0.25, 0.3) is 0 Å². The number of nitrogens with zero attached hydrogens (tertiary/aromatic N) is 3. The topological polar surface area (TPSA) is 19.4 Å². The van der Waals surface area contributed by atoms with E-state index in [0.717, 1.165) is 37.8 Å². The first-order valence-corrected chi connectivity index (χ1v) is 7.60. The van der Waals surface area contributed by atoms with Gasteiger partial charge in [0.2, 0.25) is 0 Å². The quantitative estimate of drug-likeness (QED) is 0.863. The second-order valence-corrected chi connectivity index (χ2v) is 5.73. The largest absolute Gasteiger partial charge is 0.297 e. The van der Waals surface area contributed by atoms with Crippen molar-refractivity contribution >= 4 is 0 Å². The number of piperazine rings is 1. The average molecular weight is 321 g/mol. The summed E-state index contributed by atoms with van der Waals surface area (Å²) in [6, 6.07) is 7.00. The fourth-order valence-corrected chi connectivity index (χ4v) is 2.75. The van der Waals surface area contributed by atoms with Crippen LogP contribution < -0.4 is 0 Å². The highest BCUT2D eigenvalue weighted by atomic mass is 19.2. The van der Waals surface area contributed by atoms with Crippen molar-refractivity contribution in [2.24, 2.45) is 0 Å². The van der Waals surface area contributed by atoms with Crippen LogP contribution in [0.2, 0.25) is 0 Å². The molecule has 1 fully saturated rings. The lowest BCUT2D eigenvalue weighted by Crippen LogP contribution is -2.45. The van der Waals surface area contributed by atoms with Crippen molar-refractivity contribution in [1.29, 1.82) is 0 Å². The number of pyridine rings is 1. The predicted molar refractivity (Wildman–Crippen MR) is 81.1 cm³/mol. The molecule has 0 bridgehead atoms. The number of hydrogen-bond donors (Lipinski definition) is 0. The number of halogens is 3. The highest BCUT2D eigenvalue weighted by Crippen LogP contribution is 2.14. The normalized spacial score (nSPS) is 16.7. The van der Waals surface area contributed by atoms with E-state index in [1.54, 1.807) is 18.3 Å². The maximum absolute atomic E-state index is 13.6. The van der Waals surface area contributed by atoms with Crippen LogP contribution in [0.15, 0.2) is 36.5 Å². The van der Waals surface area contributed by atoms with Crippen LogP contribution >= 0.6 is 0 Å². The lowest BCUT2D eigenvalue weighted by Gasteiger charge is -2.34. The molecule has 0 amide bonds. The molecule has 1 aromatic carbocycles. The van der Waals surface area contributed by atoms with Gasteiger partial charge < -0.3 is 0 Å². The molecule has 1 aromatic heterocycles. The molecule has 0 aliphatic carbocycles. The van der Waals surface area contributed by atoms with Crippen molar-refractivity contribution in [3.63, 3.8) is 0 Å². The summed E-state index contributed by atoms with van der Waals surface area (Å²) in [6.45, 7) is 4.26. The summed E-state index contributed by atoms with van der Waals surface area (Å²) in [5, 5.41) is 0. The van der Waals surface area contributed by atoms with Crippen LogP contribution in [0, 0.1) is 17.5 Å². The molecule has 122 valence electrons. The van der Waals surface area contributed by atoms with Crippen LogP contribution in [-0.4, -0.2) is 41.0 Å². The summed E-state index contributed by atoms with van der Waals surface area (Å²) in [5.74, 6) is -1.92. The van der Waals surface area contributed by atoms with Gasteiger partial charge >= 0.3 is 0 Å². The zero-order valence-electron chi connectivity index (χ0n) is 12.7. The maximum Gasteiger partial charge on any atom is 0.159 e. The van der Waals surface area contributed by atoms with Crippen LogP contribution in [0.4, 0.5) is 13.2 Å². The van der Waals surface area contributed by atoms with Gasteiger partial charge in [-0.15, -0.1) is 0 Å². The van der Waals surface area contributed by atoms with Crippen molar-refractivity contribution in [3.8, 4) is 0 Å². The zero-order valence-corrected chi connectivity index (χ0v) is 12.7. The van der Waals surface area contributed by atoms with Crippen LogP contribution in [0.1, 0.15) is 11.3 Å². The summed E-state index contributed by atoms with van der Waals surface area (Å²) >= 11 is 0. The van der Waals surface area contributed by atoms with Gasteiger partial charge in [0.1, 0.15) is 5.82 Å². The van der Waals surface area contributed by atoms with E-state index in [9.17, 15) is 13.2 Å². The molecule has 6 heteroatoms. The van der Waals surface area contributed by atoms with E-state index in [1.165, 1.54) is 12.1 Å². The third kappa shape index (κ3) is 4.09. The lowest BCUT2D eigenvalue weighted by atomic mass is 10.2. The molecule has 1 saturated heterocycles. The summed E-state index contributed by atoms with van der Waals surface area (Å²) in [5.41, 5.74) is 1.22. The Morgan fingerprint density at radius 2 is 1.52 bits per heavy atom. The van der Waals surface area contributed by atoms with Gasteiger partial charge in [0.05, 0.1) is 5.69 Å². The molecule has 2 aromatic rings. The van der Waals surface area contributed by atoms with Crippen LogP contribution in [0.5, 0.6) is 0 Å². The number of hydrogen-bond acceptors (Lipinski definition) is 3. The Hall–Kier alpha value is -1.92. The molecule has 23 heavy (non-hydrogen) atoms. The van der Waals surface area contributed by atoms with Crippen molar-refractivity contribution in [2.45, 2.75) is 13.1 Å². The summed E-state index contributed by atoms with van der Waals surface area (Å²) in [7, 11) is 0. The van der Waals surface area contributed by atoms with Crippen molar-refractivity contribution in [1.82, 2.24) is 14.8 Å². The Balaban J connectivity index is 1.52. The molecule has 3 nitrogen and oxygen atoms in total. The van der Waals surface area contributed by atoms with E-state index in [1.807, 2.05) is 0 Å². The Morgan fingerprint density at radius 1 is 0.826 bits per heavy atom. The average Bonchev–Trinajstić information content (AvgIpc) is 2.55. The van der Waals surface area contributed by atoms with E-state index in [2.05, 4.69) is 14.8 Å². The highest BCUT2D eigenvalue weighted by molar-refractivity contribution is 5.17. The van der Waals surface area contributed by atoms with Gasteiger partial charge in [0, 0.05) is 45.5 Å². The van der Waals surface area contributed by atoms with E-state index >= 15 is 0 Å². The molecule has 2 heterocycles. The lowest BCUT2D eigenvalue weighted by molar-refractivity contribution is 0.120. The Kier molecular flexibility index (Phi) is 4.93. The Morgan fingerprint density at radius 3 is 2.17 bits per heavy atom. The maximum atomic E-state index is 13.6. The van der Waals surface area contributed by atoms with Gasteiger partial charge in [-0.1, -0.05) is 6.07 Å². The molecule has 0 saturated carbocycles. The summed E-state index contributed by atoms with van der Waals surface area (Å²) < 4.78 is 39.8. The Bertz CT molecular complexity index is 670. The molecule has 3 rings (SSSR count). The van der Waals surface area contributed by atoms with E-state index in [4.69, 9.17) is 0 Å². The summed E-state index contributed by atoms with van der Waals surface area (Å²) in [4.78, 5) is 8.39. The SMILES string of the molecule is Fc1ccc(CN2CCN(Cc3ncccc3F)CC2)cc1F. The summed E-state index contributed by atoms with van der Waals surface area (Å²) in [6.07, 6.45) is 1.59. The number of rotatable bonds is 4. The first-order chi connectivity index (χ1) is 11.1. The fourth-order valence-electron chi connectivity index (χ4n) is 2.75. The first kappa shape index (κ1) is 16.0. The van der Waals surface area contributed by atoms with E-state index < -0.39 is 11.6 Å². The standard InChI is InChI=1S/C17H18F3N3/c18-14-4-3-13(10-16(14)20)11-22-6-8-23(9-7-22)12-17-15(19)2-1-5-21-17/h1-5,10H,6-9,11-12H2. The van der Waals surface area contributed by atoms with E-state index in [0.29, 0.717) is 18.8 Å². The van der Waals surface area contributed by atoms with Gasteiger partial charge in [-0.05, 0) is 29.8 Å².